The molecule has 6 heteroatoms. The molecule has 1 aromatic heterocycles. The Kier molecular flexibility index (Phi) is 4.50. The van der Waals surface area contributed by atoms with Crippen molar-refractivity contribution in [3.8, 4) is 0 Å². The molecule has 0 N–H and O–H groups in total. The predicted molar refractivity (Wildman–Crippen MR) is 77.6 cm³/mol. The minimum atomic E-state index is -0.410. The second kappa shape index (κ2) is 5.94. The first kappa shape index (κ1) is 14.4. The highest BCUT2D eigenvalue weighted by atomic mass is 32.1. The van der Waals surface area contributed by atoms with E-state index in [0.717, 1.165) is 25.1 Å². The summed E-state index contributed by atoms with van der Waals surface area (Å²) in [5, 5.41) is 15.0. The fraction of sp³-hybridized carbons (Fsp3) is 0.769. The molecule has 5 nitrogen and oxygen atoms in total. The van der Waals surface area contributed by atoms with Crippen molar-refractivity contribution in [3.05, 3.63) is 21.9 Å². The zero-order chi connectivity index (χ0) is 13.9. The van der Waals surface area contributed by atoms with E-state index in [0.29, 0.717) is 5.56 Å². The third-order valence-corrected chi connectivity index (χ3v) is 4.76. The summed E-state index contributed by atoms with van der Waals surface area (Å²) in [6.07, 6.45) is 9.09. The van der Waals surface area contributed by atoms with Gasteiger partial charge in [-0.3, -0.25) is 0 Å². The summed E-state index contributed by atoms with van der Waals surface area (Å²) < 4.78 is 1.75. The molecule has 1 fully saturated rings. The molecule has 1 aliphatic carbocycles. The molecule has 106 valence electrons. The number of hydrogen-bond acceptors (Lipinski definition) is 4. The summed E-state index contributed by atoms with van der Waals surface area (Å²) in [5.74, 6) is 0.794. The lowest BCUT2D eigenvalue weighted by Crippen LogP contribution is -2.28. The standard InChI is InChI=1S/C13H21N3O2S/c1-11-8-15(14-12(11)16(17)18)9-13(10-19)6-4-2-3-5-7-13/h8,19H,2-7,9-10H2,1H3. The van der Waals surface area contributed by atoms with Crippen molar-refractivity contribution in [2.45, 2.75) is 52.0 Å². The van der Waals surface area contributed by atoms with Crippen molar-refractivity contribution in [1.29, 1.82) is 0 Å². The average molecular weight is 283 g/mol. The summed E-state index contributed by atoms with van der Waals surface area (Å²) in [4.78, 5) is 10.4. The monoisotopic (exact) mass is 283 g/mol. The molecule has 1 saturated carbocycles. The molecule has 0 unspecified atom stereocenters. The van der Waals surface area contributed by atoms with Gasteiger partial charge in [-0.15, -0.1) is 0 Å². The summed E-state index contributed by atoms with van der Waals surface area (Å²) in [6, 6.07) is 0. The largest absolute Gasteiger partial charge is 0.392 e. The van der Waals surface area contributed by atoms with Gasteiger partial charge in [0, 0.05) is 5.41 Å². The van der Waals surface area contributed by atoms with Crippen LogP contribution in [0.3, 0.4) is 0 Å². The van der Waals surface area contributed by atoms with E-state index in [1.165, 1.54) is 25.7 Å². The van der Waals surface area contributed by atoms with Crippen molar-refractivity contribution in [3.63, 3.8) is 0 Å². The van der Waals surface area contributed by atoms with E-state index in [-0.39, 0.29) is 11.2 Å². The van der Waals surface area contributed by atoms with Gasteiger partial charge in [0.2, 0.25) is 0 Å². The van der Waals surface area contributed by atoms with E-state index in [9.17, 15) is 10.1 Å². The van der Waals surface area contributed by atoms with E-state index in [4.69, 9.17) is 0 Å². The molecule has 0 bridgehead atoms. The Bertz CT molecular complexity index is 451. The van der Waals surface area contributed by atoms with Crippen LogP contribution in [-0.2, 0) is 6.54 Å². The van der Waals surface area contributed by atoms with E-state index in [1.807, 2.05) is 0 Å². The Morgan fingerprint density at radius 3 is 2.53 bits per heavy atom. The Morgan fingerprint density at radius 1 is 1.42 bits per heavy atom. The van der Waals surface area contributed by atoms with E-state index in [2.05, 4.69) is 17.7 Å². The summed E-state index contributed by atoms with van der Waals surface area (Å²) >= 11 is 4.53. The maximum Gasteiger partial charge on any atom is 0.392 e. The molecule has 0 radical (unpaired) electrons. The summed E-state index contributed by atoms with van der Waals surface area (Å²) in [5.41, 5.74) is 0.777. The molecule has 0 atom stereocenters. The minimum Gasteiger partial charge on any atom is -0.358 e. The van der Waals surface area contributed by atoms with Crippen LogP contribution in [0, 0.1) is 22.5 Å². The van der Waals surface area contributed by atoms with Crippen LogP contribution < -0.4 is 0 Å². The van der Waals surface area contributed by atoms with E-state index < -0.39 is 4.92 Å². The number of aryl methyl sites for hydroxylation is 1. The summed E-state index contributed by atoms with van der Waals surface area (Å²) in [7, 11) is 0. The van der Waals surface area contributed by atoms with Gasteiger partial charge in [0.1, 0.15) is 0 Å². The highest BCUT2D eigenvalue weighted by Gasteiger charge is 2.32. The second-order valence-corrected chi connectivity index (χ2v) is 5.98. The van der Waals surface area contributed by atoms with Gasteiger partial charge in [-0.2, -0.15) is 17.3 Å². The number of nitro groups is 1. The third-order valence-electron chi connectivity index (χ3n) is 4.09. The van der Waals surface area contributed by atoms with Crippen LogP contribution in [0.15, 0.2) is 6.20 Å². The molecule has 1 heterocycles. The zero-order valence-corrected chi connectivity index (χ0v) is 12.2. The van der Waals surface area contributed by atoms with Crippen LogP contribution >= 0.6 is 12.6 Å². The Balaban J connectivity index is 2.17. The first-order chi connectivity index (χ1) is 9.06. The van der Waals surface area contributed by atoms with Crippen molar-refractivity contribution in [1.82, 2.24) is 9.78 Å². The van der Waals surface area contributed by atoms with Gasteiger partial charge >= 0.3 is 5.82 Å². The van der Waals surface area contributed by atoms with E-state index >= 15 is 0 Å². The van der Waals surface area contributed by atoms with Crippen LogP contribution in [-0.4, -0.2) is 20.5 Å². The maximum atomic E-state index is 10.8. The number of rotatable bonds is 4. The average Bonchev–Trinajstić information content (AvgIpc) is 2.60. The van der Waals surface area contributed by atoms with E-state index in [1.54, 1.807) is 17.8 Å². The smallest absolute Gasteiger partial charge is 0.358 e. The molecular weight excluding hydrogens is 262 g/mol. The lowest BCUT2D eigenvalue weighted by atomic mass is 9.82. The van der Waals surface area contributed by atoms with Gasteiger partial charge in [-0.05, 0) is 30.4 Å². The number of nitrogens with zero attached hydrogens (tertiary/aromatic N) is 3. The van der Waals surface area contributed by atoms with Crippen molar-refractivity contribution in [2.24, 2.45) is 5.41 Å². The lowest BCUT2D eigenvalue weighted by molar-refractivity contribution is -0.390. The molecule has 19 heavy (non-hydrogen) atoms. The van der Waals surface area contributed by atoms with Crippen LogP contribution in [0.5, 0.6) is 0 Å². The molecule has 1 aliphatic rings. The molecule has 0 aliphatic heterocycles. The Hall–Kier alpha value is -1.04. The molecule has 1 aromatic rings. The normalized spacial score (nSPS) is 19.1. The zero-order valence-electron chi connectivity index (χ0n) is 11.3. The molecule has 0 saturated heterocycles. The maximum absolute atomic E-state index is 10.8. The fourth-order valence-corrected chi connectivity index (χ4v) is 3.38. The molecule has 0 spiro atoms. The molecule has 0 amide bonds. The van der Waals surface area contributed by atoms with Gasteiger partial charge in [0.05, 0.1) is 23.4 Å². The first-order valence-electron chi connectivity index (χ1n) is 6.86. The quantitative estimate of drug-likeness (QED) is 0.399. The highest BCUT2D eigenvalue weighted by Crippen LogP contribution is 2.37. The van der Waals surface area contributed by atoms with Crippen molar-refractivity contribution >= 4 is 18.4 Å². The van der Waals surface area contributed by atoms with Crippen molar-refractivity contribution < 1.29 is 4.92 Å². The molecule has 2 rings (SSSR count). The van der Waals surface area contributed by atoms with Crippen LogP contribution in [0.1, 0.15) is 44.1 Å². The molecule has 0 aromatic carbocycles. The van der Waals surface area contributed by atoms with Crippen LogP contribution in [0.25, 0.3) is 0 Å². The topological polar surface area (TPSA) is 61.0 Å². The second-order valence-electron chi connectivity index (χ2n) is 5.66. The number of hydrogen-bond donors (Lipinski definition) is 1. The fourth-order valence-electron chi connectivity index (χ4n) is 2.96. The van der Waals surface area contributed by atoms with Gasteiger partial charge in [0.25, 0.3) is 0 Å². The van der Waals surface area contributed by atoms with Crippen LogP contribution in [0.4, 0.5) is 5.82 Å². The summed E-state index contributed by atoms with van der Waals surface area (Å²) in [6.45, 7) is 2.48. The SMILES string of the molecule is Cc1cn(CC2(CS)CCCCCC2)nc1[N+](=O)[O-]. The number of aromatic nitrogens is 2. The number of thiol groups is 1. The van der Waals surface area contributed by atoms with Gasteiger partial charge in [-0.1, -0.05) is 25.7 Å². The van der Waals surface area contributed by atoms with Gasteiger partial charge < -0.3 is 10.1 Å². The first-order valence-corrected chi connectivity index (χ1v) is 7.49. The predicted octanol–water partition coefficient (Wildman–Crippen LogP) is 3.37. The Labute approximate surface area is 118 Å². The Morgan fingerprint density at radius 2 is 2.05 bits per heavy atom. The van der Waals surface area contributed by atoms with Crippen molar-refractivity contribution in [2.75, 3.05) is 5.75 Å². The highest BCUT2D eigenvalue weighted by molar-refractivity contribution is 7.80. The lowest BCUT2D eigenvalue weighted by Gasteiger charge is -2.29. The van der Waals surface area contributed by atoms with Gasteiger partial charge in [-0.25, -0.2) is 0 Å². The minimum absolute atomic E-state index is 0.0251. The molecular formula is C13H21N3O2S. The van der Waals surface area contributed by atoms with Crippen LogP contribution in [0.2, 0.25) is 0 Å². The third kappa shape index (κ3) is 3.29. The van der Waals surface area contributed by atoms with Gasteiger partial charge in [0.15, 0.2) is 0 Å².